The zero-order valence-corrected chi connectivity index (χ0v) is 25.2. The van der Waals surface area contributed by atoms with Crippen LogP contribution in [0.25, 0.3) is 49.4 Å². The number of methoxy groups -OCH3 is 2. The Labute approximate surface area is 250 Å². The number of benzene rings is 6. The average Bonchev–Trinajstić information content (AvgIpc) is 3.68. The molecule has 5 nitrogen and oxygen atoms in total. The minimum absolute atomic E-state index is 0.811. The first kappa shape index (κ1) is 25.1. The van der Waals surface area contributed by atoms with Gasteiger partial charge in [-0.3, -0.25) is 0 Å². The van der Waals surface area contributed by atoms with Crippen molar-refractivity contribution in [1.29, 1.82) is 0 Å². The van der Waals surface area contributed by atoms with E-state index in [9.17, 15) is 0 Å². The van der Waals surface area contributed by atoms with Crippen LogP contribution < -0.4 is 9.47 Å². The number of hydrogen-bond acceptors (Lipinski definition) is 4. The second-order valence-corrected chi connectivity index (χ2v) is 14.9. The standard InChI is InChI=1S/C36H26IN3O2/c1-41-33-17-11-23-19-25(37-21-38-30-8-4-3-7-29(30)37)13-15-27(23)35(33)36-28-16-14-26(20-24(28)12-18-34(36)42-2)40-22-39-31-9-5-6-10-32(31)40/h3-22H,1-2H3. The molecule has 0 amide bonds. The Morgan fingerprint density at radius 3 is 2.14 bits per heavy atom. The first-order chi connectivity index (χ1) is 20.7. The molecule has 0 fully saturated rings. The molecule has 7 aromatic rings. The molecule has 0 aliphatic carbocycles. The summed E-state index contributed by atoms with van der Waals surface area (Å²) in [4.78, 5) is 9.33. The molecule has 0 radical (unpaired) electrons. The van der Waals surface area contributed by atoms with Gasteiger partial charge in [0.2, 0.25) is 0 Å². The van der Waals surface area contributed by atoms with Gasteiger partial charge < -0.3 is 0 Å². The Bertz CT molecular complexity index is 2200. The number of para-hydroxylation sites is 3. The van der Waals surface area contributed by atoms with E-state index in [1.165, 1.54) is 12.5 Å². The van der Waals surface area contributed by atoms with Crippen LogP contribution in [0.1, 0.15) is 0 Å². The molecule has 42 heavy (non-hydrogen) atoms. The van der Waals surface area contributed by atoms with Crippen LogP contribution in [0.3, 0.4) is 0 Å². The molecular formula is C36H26IN3O2. The molecule has 1 aliphatic heterocycles. The van der Waals surface area contributed by atoms with Crippen molar-refractivity contribution in [2.45, 2.75) is 0 Å². The Morgan fingerprint density at radius 1 is 0.667 bits per heavy atom. The third-order valence-corrected chi connectivity index (χ3v) is 12.9. The van der Waals surface area contributed by atoms with Gasteiger partial charge in [0.1, 0.15) is 0 Å². The number of nitrogens with zero attached hydrogens (tertiary/aromatic N) is 3. The number of halogens is 1. The molecule has 1 aliphatic rings. The summed E-state index contributed by atoms with van der Waals surface area (Å²) in [6.45, 7) is 0. The first-order valence-electron chi connectivity index (χ1n) is 13.7. The third kappa shape index (κ3) is 3.89. The molecule has 204 valence electrons. The Morgan fingerprint density at radius 2 is 1.36 bits per heavy atom. The summed E-state index contributed by atoms with van der Waals surface area (Å²) in [5.41, 5.74) is 6.29. The molecule has 2 heterocycles. The summed E-state index contributed by atoms with van der Waals surface area (Å²) in [6.07, 6.45) is 1.89. The van der Waals surface area contributed by atoms with Crippen molar-refractivity contribution in [2.75, 3.05) is 14.2 Å². The van der Waals surface area contributed by atoms with Crippen LogP contribution in [0.4, 0.5) is 5.69 Å². The summed E-state index contributed by atoms with van der Waals surface area (Å²) in [7, 11) is 3.47. The topological polar surface area (TPSA) is 48.6 Å². The van der Waals surface area contributed by atoms with Crippen molar-refractivity contribution >= 4 is 62.3 Å². The van der Waals surface area contributed by atoms with E-state index in [4.69, 9.17) is 14.5 Å². The zero-order valence-electron chi connectivity index (χ0n) is 23.1. The zero-order chi connectivity index (χ0) is 28.2. The summed E-state index contributed by atoms with van der Waals surface area (Å²) in [5, 5.41) is 4.53. The van der Waals surface area contributed by atoms with Crippen molar-refractivity contribution in [3.05, 3.63) is 123 Å². The molecule has 6 heteroatoms. The predicted octanol–water partition coefficient (Wildman–Crippen LogP) is 9.24. The number of imidazole rings is 1. The summed E-state index contributed by atoms with van der Waals surface area (Å²) in [6, 6.07) is 38.6. The molecule has 0 spiro atoms. The van der Waals surface area contributed by atoms with E-state index in [2.05, 4.69) is 105 Å². The molecule has 6 aromatic carbocycles. The second kappa shape index (κ2) is 9.99. The van der Waals surface area contributed by atoms with Crippen molar-refractivity contribution < 1.29 is 9.47 Å². The van der Waals surface area contributed by atoms with E-state index in [-0.39, 0.29) is 0 Å². The van der Waals surface area contributed by atoms with Crippen LogP contribution in [0.2, 0.25) is 0 Å². The van der Waals surface area contributed by atoms with E-state index in [0.29, 0.717) is 0 Å². The fourth-order valence-electron chi connectivity index (χ4n) is 5.93. The second-order valence-electron chi connectivity index (χ2n) is 10.2. The van der Waals surface area contributed by atoms with E-state index >= 15 is 0 Å². The van der Waals surface area contributed by atoms with Crippen LogP contribution >= 0.6 is 19.8 Å². The maximum atomic E-state index is 5.98. The number of aliphatic imine (C=N–C) groups is 1. The first-order valence-corrected chi connectivity index (χ1v) is 17.1. The normalized spacial score (nSPS) is 13.2. The van der Waals surface area contributed by atoms with Gasteiger partial charge >= 0.3 is 217 Å². The Hall–Kier alpha value is -4.69. The number of ether oxygens (including phenoxy) is 2. The molecule has 0 N–H and O–H groups in total. The van der Waals surface area contributed by atoms with Gasteiger partial charge in [-0.1, -0.05) is 12.1 Å². The summed E-state index contributed by atoms with van der Waals surface area (Å²) < 4.78 is 19.1. The van der Waals surface area contributed by atoms with Crippen molar-refractivity contribution in [3.63, 3.8) is 0 Å². The average molecular weight is 660 g/mol. The molecule has 0 bridgehead atoms. The van der Waals surface area contributed by atoms with Crippen molar-refractivity contribution in [3.8, 4) is 28.3 Å². The monoisotopic (exact) mass is 659 g/mol. The molecular weight excluding hydrogens is 633 g/mol. The van der Waals surface area contributed by atoms with E-state index < -0.39 is 19.8 Å². The van der Waals surface area contributed by atoms with Gasteiger partial charge in [-0.25, -0.2) is 4.98 Å². The predicted molar refractivity (Wildman–Crippen MR) is 181 cm³/mol. The molecule has 1 aromatic heterocycles. The van der Waals surface area contributed by atoms with Gasteiger partial charge in [-0.05, 0) is 12.1 Å². The number of hydrogen-bond donors (Lipinski definition) is 0. The van der Waals surface area contributed by atoms with Crippen molar-refractivity contribution in [2.24, 2.45) is 4.99 Å². The third-order valence-electron chi connectivity index (χ3n) is 7.92. The van der Waals surface area contributed by atoms with Gasteiger partial charge in [0.25, 0.3) is 0 Å². The van der Waals surface area contributed by atoms with Crippen LogP contribution in [-0.2, 0) is 0 Å². The van der Waals surface area contributed by atoms with E-state index in [0.717, 1.165) is 61.2 Å². The molecule has 0 atom stereocenters. The van der Waals surface area contributed by atoms with E-state index in [1.807, 2.05) is 24.5 Å². The Balaban J connectivity index is 1.32. The Kier molecular flexibility index (Phi) is 5.96. The molecule has 0 saturated heterocycles. The maximum absolute atomic E-state index is 5.98. The van der Waals surface area contributed by atoms with Gasteiger partial charge in [-0.15, -0.1) is 0 Å². The van der Waals surface area contributed by atoms with Gasteiger partial charge in [0.15, 0.2) is 0 Å². The fourth-order valence-corrected chi connectivity index (χ4v) is 10.6. The van der Waals surface area contributed by atoms with Crippen molar-refractivity contribution in [1.82, 2.24) is 9.55 Å². The number of rotatable bonds is 5. The van der Waals surface area contributed by atoms with E-state index in [1.54, 1.807) is 14.2 Å². The number of aromatic nitrogens is 2. The fraction of sp³-hybridized carbons (Fsp3) is 0.0556. The van der Waals surface area contributed by atoms with Crippen LogP contribution in [0.15, 0.2) is 121 Å². The summed E-state index contributed by atoms with van der Waals surface area (Å²) >= 11 is -1.73. The number of fused-ring (bicyclic) bond motifs is 4. The van der Waals surface area contributed by atoms with Gasteiger partial charge in [0, 0.05) is 0 Å². The van der Waals surface area contributed by atoms with Crippen LogP contribution in [-0.4, -0.2) is 28.0 Å². The molecule has 0 saturated carbocycles. The SMILES string of the molecule is COc1ccc2cc(-n3cnc4ccccc43)ccc2c1-c1c(OC)ccc2cc(I3C=Nc4ccccc43)ccc12. The van der Waals surface area contributed by atoms with Crippen LogP contribution in [0, 0.1) is 7.14 Å². The van der Waals surface area contributed by atoms with Crippen LogP contribution in [0.5, 0.6) is 11.5 Å². The molecule has 0 unspecified atom stereocenters. The quantitative estimate of drug-likeness (QED) is 0.173. The minimum atomic E-state index is -1.73. The van der Waals surface area contributed by atoms with Gasteiger partial charge in [-0.2, -0.15) is 0 Å². The molecule has 8 rings (SSSR count). The van der Waals surface area contributed by atoms with Gasteiger partial charge in [0.05, 0.1) is 5.52 Å². The summed E-state index contributed by atoms with van der Waals surface area (Å²) in [5.74, 6) is 1.63.